The second-order valence-corrected chi connectivity index (χ2v) is 12.6. The van der Waals surface area contributed by atoms with Crippen LogP contribution in [0.4, 0.5) is 0 Å². The first-order valence-electron chi connectivity index (χ1n) is 13.2. The van der Waals surface area contributed by atoms with Crippen LogP contribution in [0.3, 0.4) is 0 Å². The molecule has 1 atom stereocenters. The molecule has 41 heavy (non-hydrogen) atoms. The minimum absolute atomic E-state index is 0.00844. The third kappa shape index (κ3) is 7.78. The highest BCUT2D eigenvalue weighted by atomic mass is 35.5. The average Bonchev–Trinajstić information content (AvgIpc) is 2.97. The van der Waals surface area contributed by atoms with E-state index >= 15 is 0 Å². The Labute approximate surface area is 250 Å². The van der Waals surface area contributed by atoms with Crippen LogP contribution in [-0.4, -0.2) is 55.9 Å². The van der Waals surface area contributed by atoms with Gasteiger partial charge in [0.25, 0.3) is 0 Å². The number of halogens is 2. The number of piperidine rings is 1. The second-order valence-electron chi connectivity index (χ2n) is 10.1. The molecule has 6 N–H and O–H groups in total. The van der Waals surface area contributed by atoms with Gasteiger partial charge >= 0.3 is 0 Å². The lowest BCUT2D eigenvalue weighted by Gasteiger charge is -2.34. The Bertz CT molecular complexity index is 1530. The first-order valence-corrected chi connectivity index (χ1v) is 15.5. The summed E-state index contributed by atoms with van der Waals surface area (Å²) in [7, 11) is -4.14. The topological polar surface area (TPSA) is 151 Å². The number of amides is 1. The van der Waals surface area contributed by atoms with Crippen molar-refractivity contribution in [3.05, 3.63) is 87.9 Å². The fourth-order valence-corrected chi connectivity index (χ4v) is 6.79. The Morgan fingerprint density at radius 3 is 2.49 bits per heavy atom. The first-order chi connectivity index (χ1) is 19.6. The van der Waals surface area contributed by atoms with Gasteiger partial charge in [0.2, 0.25) is 15.9 Å². The van der Waals surface area contributed by atoms with Crippen LogP contribution in [0.25, 0.3) is 11.1 Å². The summed E-state index contributed by atoms with van der Waals surface area (Å²) in [6.07, 6.45) is 2.58. The first kappa shape index (κ1) is 30.8. The molecule has 4 rings (SSSR count). The lowest BCUT2D eigenvalue weighted by Crippen LogP contribution is -2.51. The second kappa shape index (κ2) is 13.7. The number of nitrogens with one attached hydrogen (secondary N) is 1. The van der Waals surface area contributed by atoms with Gasteiger partial charge in [-0.2, -0.15) is 4.72 Å². The molecule has 1 heterocycles. The summed E-state index contributed by atoms with van der Waals surface area (Å²) >= 11 is 12.4. The van der Waals surface area contributed by atoms with E-state index in [-0.39, 0.29) is 23.1 Å². The molecule has 1 saturated heterocycles. The van der Waals surface area contributed by atoms with Crippen molar-refractivity contribution < 1.29 is 18.4 Å². The number of sulfonamides is 1. The Balaban J connectivity index is 1.63. The molecule has 0 unspecified atom stereocenters. The van der Waals surface area contributed by atoms with Crippen molar-refractivity contribution in [1.29, 1.82) is 0 Å². The average molecular weight is 619 g/mol. The fourth-order valence-electron chi connectivity index (χ4n) is 5.04. The van der Waals surface area contributed by atoms with Crippen LogP contribution in [0.15, 0.2) is 76.8 Å². The van der Waals surface area contributed by atoms with E-state index in [1.165, 1.54) is 12.1 Å². The third-order valence-electron chi connectivity index (χ3n) is 7.25. The van der Waals surface area contributed by atoms with Crippen molar-refractivity contribution in [2.24, 2.45) is 22.5 Å². The molecule has 1 aliphatic heterocycles. The zero-order valence-electron chi connectivity index (χ0n) is 22.3. The smallest absolute Gasteiger partial charge is 0.241 e. The number of hydrogen-bond donors (Lipinski definition) is 4. The van der Waals surface area contributed by atoms with Crippen LogP contribution in [0, 0.1) is 5.92 Å². The summed E-state index contributed by atoms with van der Waals surface area (Å²) in [6, 6.07) is 17.0. The van der Waals surface area contributed by atoms with E-state index in [1.807, 2.05) is 0 Å². The van der Waals surface area contributed by atoms with Crippen molar-refractivity contribution in [3.8, 4) is 11.1 Å². The monoisotopic (exact) mass is 617 g/mol. The van der Waals surface area contributed by atoms with E-state index in [0.29, 0.717) is 57.9 Å². The van der Waals surface area contributed by atoms with Crippen molar-refractivity contribution in [3.63, 3.8) is 0 Å². The van der Waals surface area contributed by atoms with Crippen molar-refractivity contribution in [1.82, 2.24) is 9.62 Å². The molecule has 0 aromatic heterocycles. The molecule has 3 aromatic rings. The lowest BCUT2D eigenvalue weighted by atomic mass is 9.93. The maximum atomic E-state index is 13.8. The Hall–Kier alpha value is -3.15. The molecule has 0 radical (unpaired) electrons. The number of likely N-dealkylation sites (tertiary alicyclic amines) is 1. The molecule has 12 heteroatoms. The molecule has 3 aromatic carbocycles. The Kier molecular flexibility index (Phi) is 10.3. The van der Waals surface area contributed by atoms with Crippen molar-refractivity contribution in [2.75, 3.05) is 19.6 Å². The number of oxime groups is 1. The minimum Gasteiger partial charge on any atom is -0.409 e. The molecular formula is C29H33Cl2N5O4S. The van der Waals surface area contributed by atoms with Gasteiger partial charge in [0.1, 0.15) is 6.04 Å². The van der Waals surface area contributed by atoms with Gasteiger partial charge in [-0.1, -0.05) is 64.8 Å². The highest BCUT2D eigenvalue weighted by Crippen LogP contribution is 2.31. The molecule has 0 spiro atoms. The fraction of sp³-hybridized carbons (Fsp3) is 0.310. The van der Waals surface area contributed by atoms with Gasteiger partial charge in [-0.05, 0) is 79.6 Å². The molecule has 9 nitrogen and oxygen atoms in total. The maximum Gasteiger partial charge on any atom is 0.241 e. The van der Waals surface area contributed by atoms with E-state index in [2.05, 4.69) is 9.88 Å². The number of carbonyl (C=O) groups excluding carboxylic acids is 1. The van der Waals surface area contributed by atoms with Crippen LogP contribution >= 0.6 is 23.2 Å². The summed E-state index contributed by atoms with van der Waals surface area (Å²) in [5.41, 5.74) is 13.8. The van der Waals surface area contributed by atoms with Gasteiger partial charge in [-0.25, -0.2) is 8.42 Å². The summed E-state index contributed by atoms with van der Waals surface area (Å²) in [6.45, 7) is 1.64. The van der Waals surface area contributed by atoms with E-state index in [1.54, 1.807) is 59.5 Å². The standard InChI is InChI=1S/C29H33Cl2N5O4S/c30-23-7-8-25(26(31)18-23)21-4-2-6-24(17-21)41(39,40)35-27(16-20-3-1-5-22(15-20)28(33)34-38)29(37)36-13-10-19(9-12-32)11-14-36/h1-8,15,17-19,27,35,38H,9-14,16,32H2,(H2,33,34)/t27-/m1/s1. The SMILES string of the molecule is NCCC1CCN(C(=O)[C@@H](Cc2cccc(/C(N)=N\O)c2)NS(=O)(=O)c2cccc(-c3ccc(Cl)cc3Cl)c2)CC1. The van der Waals surface area contributed by atoms with Gasteiger partial charge in [0.05, 0.1) is 4.90 Å². The number of benzene rings is 3. The van der Waals surface area contributed by atoms with Crippen LogP contribution in [0.1, 0.15) is 30.4 Å². The summed E-state index contributed by atoms with van der Waals surface area (Å²) in [4.78, 5) is 15.5. The van der Waals surface area contributed by atoms with E-state index in [0.717, 1.165) is 19.3 Å². The molecule has 1 amide bonds. The van der Waals surface area contributed by atoms with Crippen LogP contribution in [0.5, 0.6) is 0 Å². The highest BCUT2D eigenvalue weighted by molar-refractivity contribution is 7.89. The van der Waals surface area contributed by atoms with Gasteiger partial charge in [-0.3, -0.25) is 4.79 Å². The summed E-state index contributed by atoms with van der Waals surface area (Å²) in [5.74, 6) is 0.0416. The third-order valence-corrected chi connectivity index (χ3v) is 9.27. The molecule has 1 aliphatic rings. The Morgan fingerprint density at radius 1 is 1.07 bits per heavy atom. The molecule has 0 aliphatic carbocycles. The van der Waals surface area contributed by atoms with E-state index in [9.17, 15) is 13.2 Å². The predicted octanol–water partition coefficient (Wildman–Crippen LogP) is 4.23. The van der Waals surface area contributed by atoms with Gasteiger partial charge in [0, 0.05) is 34.3 Å². The normalized spacial score (nSPS) is 15.6. The Morgan fingerprint density at radius 2 is 1.80 bits per heavy atom. The highest BCUT2D eigenvalue weighted by Gasteiger charge is 2.32. The maximum absolute atomic E-state index is 13.8. The molecule has 0 bridgehead atoms. The van der Waals surface area contributed by atoms with E-state index in [4.69, 9.17) is 39.9 Å². The molecule has 218 valence electrons. The van der Waals surface area contributed by atoms with Crippen LogP contribution in [0.2, 0.25) is 10.0 Å². The summed E-state index contributed by atoms with van der Waals surface area (Å²) in [5, 5.41) is 13.0. The quantitative estimate of drug-likeness (QED) is 0.116. The predicted molar refractivity (Wildman–Crippen MR) is 162 cm³/mol. The van der Waals surface area contributed by atoms with Gasteiger partial charge in [-0.15, -0.1) is 0 Å². The number of nitrogens with two attached hydrogens (primary N) is 2. The zero-order chi connectivity index (χ0) is 29.6. The number of hydrogen-bond acceptors (Lipinski definition) is 6. The van der Waals surface area contributed by atoms with Gasteiger partial charge in [0.15, 0.2) is 5.84 Å². The van der Waals surface area contributed by atoms with Crippen LogP contribution in [-0.2, 0) is 21.2 Å². The molecule has 0 saturated carbocycles. The van der Waals surface area contributed by atoms with Crippen LogP contribution < -0.4 is 16.2 Å². The van der Waals surface area contributed by atoms with Crippen molar-refractivity contribution in [2.45, 2.75) is 36.6 Å². The van der Waals surface area contributed by atoms with Crippen molar-refractivity contribution >= 4 is 45.0 Å². The lowest BCUT2D eigenvalue weighted by molar-refractivity contribution is -0.134. The molecule has 1 fully saturated rings. The number of rotatable bonds is 10. The number of amidine groups is 1. The largest absolute Gasteiger partial charge is 0.409 e. The van der Waals surface area contributed by atoms with E-state index < -0.39 is 16.1 Å². The number of carbonyl (C=O) groups is 1. The molecular weight excluding hydrogens is 585 g/mol. The number of nitrogens with zero attached hydrogens (tertiary/aromatic N) is 2. The minimum atomic E-state index is -4.14. The summed E-state index contributed by atoms with van der Waals surface area (Å²) < 4.78 is 30.0. The zero-order valence-corrected chi connectivity index (χ0v) is 24.7. The van der Waals surface area contributed by atoms with Gasteiger partial charge < -0.3 is 21.6 Å².